The van der Waals surface area contributed by atoms with Gasteiger partial charge in [0.25, 0.3) is 5.91 Å². The predicted octanol–water partition coefficient (Wildman–Crippen LogP) is 2.94. The molecule has 1 aromatic rings. The molecule has 1 aromatic carbocycles. The molecule has 0 bridgehead atoms. The van der Waals surface area contributed by atoms with Crippen LogP contribution in [0.3, 0.4) is 0 Å². The maximum Gasteiger partial charge on any atom is 0.309 e. The highest BCUT2D eigenvalue weighted by Gasteiger charge is 2.32. The second-order valence-electron chi connectivity index (χ2n) is 7.82. The molecule has 0 aliphatic carbocycles. The van der Waals surface area contributed by atoms with Gasteiger partial charge in [0.2, 0.25) is 5.91 Å². The zero-order valence-corrected chi connectivity index (χ0v) is 17.4. The van der Waals surface area contributed by atoms with Gasteiger partial charge in [-0.25, -0.2) is 0 Å². The van der Waals surface area contributed by atoms with E-state index in [0.29, 0.717) is 44.5 Å². The van der Waals surface area contributed by atoms with Crippen LogP contribution in [0.5, 0.6) is 0 Å². The molecule has 1 saturated heterocycles. The Kier molecular flexibility index (Phi) is 8.03. The number of aryl methyl sites for hydroxylation is 1. The summed E-state index contributed by atoms with van der Waals surface area (Å²) >= 11 is 0. The highest BCUT2D eigenvalue weighted by molar-refractivity contribution is 5.98. The molecule has 0 saturated carbocycles. The average molecular weight is 389 g/mol. The van der Waals surface area contributed by atoms with E-state index in [1.54, 1.807) is 17.9 Å². The van der Waals surface area contributed by atoms with E-state index in [1.165, 1.54) is 0 Å². The van der Waals surface area contributed by atoms with Crippen LogP contribution in [0.1, 0.15) is 56.0 Å². The number of benzene rings is 1. The molecule has 2 amide bonds. The van der Waals surface area contributed by atoms with E-state index in [1.807, 2.05) is 39.0 Å². The maximum absolute atomic E-state index is 13.1. The number of amides is 2. The number of hydrogen-bond acceptors (Lipinski definition) is 4. The van der Waals surface area contributed by atoms with Gasteiger partial charge in [-0.1, -0.05) is 32.0 Å². The molecule has 0 aromatic heterocycles. The van der Waals surface area contributed by atoms with Crippen molar-refractivity contribution in [2.75, 3.05) is 19.7 Å². The van der Waals surface area contributed by atoms with E-state index < -0.39 is 6.04 Å². The summed E-state index contributed by atoms with van der Waals surface area (Å²) in [6.07, 6.45) is 1.78. The van der Waals surface area contributed by atoms with Crippen LogP contribution in [-0.2, 0) is 14.3 Å². The Morgan fingerprint density at radius 3 is 2.39 bits per heavy atom. The van der Waals surface area contributed by atoms with Gasteiger partial charge >= 0.3 is 5.97 Å². The fraction of sp³-hybridized carbons (Fsp3) is 0.591. The van der Waals surface area contributed by atoms with Crippen molar-refractivity contribution in [2.24, 2.45) is 11.8 Å². The molecule has 2 rings (SSSR count). The smallest absolute Gasteiger partial charge is 0.309 e. The minimum atomic E-state index is -0.564. The van der Waals surface area contributed by atoms with Gasteiger partial charge in [-0.15, -0.1) is 0 Å². The average Bonchev–Trinajstić information content (AvgIpc) is 2.67. The van der Waals surface area contributed by atoms with Gasteiger partial charge in [-0.3, -0.25) is 14.4 Å². The van der Waals surface area contributed by atoms with Gasteiger partial charge in [-0.2, -0.15) is 0 Å². The van der Waals surface area contributed by atoms with Gasteiger partial charge in [0.05, 0.1) is 12.5 Å². The first kappa shape index (κ1) is 21.9. The molecular formula is C22H32N2O4. The zero-order chi connectivity index (χ0) is 20.7. The second-order valence-corrected chi connectivity index (χ2v) is 7.82. The number of esters is 1. The summed E-state index contributed by atoms with van der Waals surface area (Å²) in [5.41, 5.74) is 1.47. The molecule has 1 N–H and O–H groups in total. The molecule has 6 nitrogen and oxygen atoms in total. The van der Waals surface area contributed by atoms with Gasteiger partial charge in [0, 0.05) is 18.7 Å². The molecule has 1 unspecified atom stereocenters. The molecule has 6 heteroatoms. The lowest BCUT2D eigenvalue weighted by molar-refractivity contribution is -0.151. The number of nitrogens with one attached hydrogen (secondary N) is 1. The summed E-state index contributed by atoms with van der Waals surface area (Å²) in [6.45, 7) is 9.15. The number of ether oxygens (including phenoxy) is 1. The lowest BCUT2D eigenvalue weighted by atomic mass is 9.95. The SMILES string of the molecule is CCOC(=O)C1CCN(C(=O)C(CC(C)C)NC(=O)c2ccccc2C)CC1. The molecule has 1 atom stereocenters. The molecule has 154 valence electrons. The number of hydrogen-bond donors (Lipinski definition) is 1. The van der Waals surface area contributed by atoms with Crippen molar-refractivity contribution >= 4 is 17.8 Å². The molecular weight excluding hydrogens is 356 g/mol. The number of carbonyl (C=O) groups is 3. The minimum absolute atomic E-state index is 0.0713. The van der Waals surface area contributed by atoms with Crippen LogP contribution in [0.4, 0.5) is 0 Å². The van der Waals surface area contributed by atoms with Gasteiger partial charge in [0.1, 0.15) is 6.04 Å². The topological polar surface area (TPSA) is 75.7 Å². The lowest BCUT2D eigenvalue weighted by Crippen LogP contribution is -2.51. The van der Waals surface area contributed by atoms with E-state index >= 15 is 0 Å². The third-order valence-corrected chi connectivity index (χ3v) is 5.13. The summed E-state index contributed by atoms with van der Waals surface area (Å²) in [4.78, 5) is 39.5. The molecule has 0 radical (unpaired) electrons. The van der Waals surface area contributed by atoms with Crippen LogP contribution >= 0.6 is 0 Å². The standard InChI is InChI=1S/C22H32N2O4/c1-5-28-22(27)17-10-12-24(13-11-17)21(26)19(14-15(2)3)23-20(25)18-9-7-6-8-16(18)4/h6-9,15,17,19H,5,10-14H2,1-4H3,(H,23,25). The Balaban J connectivity index is 2.02. The fourth-order valence-corrected chi connectivity index (χ4v) is 3.57. The summed E-state index contributed by atoms with van der Waals surface area (Å²) in [5, 5.41) is 2.94. The summed E-state index contributed by atoms with van der Waals surface area (Å²) in [5.74, 6) is -0.352. The number of piperidine rings is 1. The first-order valence-electron chi connectivity index (χ1n) is 10.1. The molecule has 0 spiro atoms. The quantitative estimate of drug-likeness (QED) is 0.729. The Hall–Kier alpha value is -2.37. The second kappa shape index (κ2) is 10.2. The molecule has 28 heavy (non-hydrogen) atoms. The third kappa shape index (κ3) is 5.81. The van der Waals surface area contributed by atoms with Gasteiger partial charge in [-0.05, 0) is 50.7 Å². The van der Waals surface area contributed by atoms with Crippen molar-refractivity contribution in [2.45, 2.75) is 53.0 Å². The number of rotatable bonds is 7. The van der Waals surface area contributed by atoms with Crippen molar-refractivity contribution in [1.82, 2.24) is 10.2 Å². The minimum Gasteiger partial charge on any atom is -0.466 e. The highest BCUT2D eigenvalue weighted by atomic mass is 16.5. The number of likely N-dealkylation sites (tertiary alicyclic amines) is 1. The van der Waals surface area contributed by atoms with Crippen LogP contribution in [0.25, 0.3) is 0 Å². The van der Waals surface area contributed by atoms with Crippen molar-refractivity contribution in [3.8, 4) is 0 Å². The first-order valence-corrected chi connectivity index (χ1v) is 10.1. The summed E-state index contributed by atoms with van der Waals surface area (Å²) in [6, 6.07) is 6.80. The van der Waals surface area contributed by atoms with E-state index in [-0.39, 0.29) is 29.6 Å². The van der Waals surface area contributed by atoms with Gasteiger partial charge < -0.3 is 15.0 Å². The number of nitrogens with zero attached hydrogens (tertiary/aromatic N) is 1. The summed E-state index contributed by atoms with van der Waals surface area (Å²) < 4.78 is 5.09. The Bertz CT molecular complexity index is 694. The highest BCUT2D eigenvalue weighted by Crippen LogP contribution is 2.20. The van der Waals surface area contributed by atoms with Crippen molar-refractivity contribution in [1.29, 1.82) is 0 Å². The summed E-state index contributed by atoms with van der Waals surface area (Å²) in [7, 11) is 0. The maximum atomic E-state index is 13.1. The number of carbonyl (C=O) groups excluding carboxylic acids is 3. The van der Waals surface area contributed by atoms with E-state index in [2.05, 4.69) is 5.32 Å². The van der Waals surface area contributed by atoms with Crippen molar-refractivity contribution in [3.05, 3.63) is 35.4 Å². The molecule has 1 aliphatic rings. The van der Waals surface area contributed by atoms with E-state index in [9.17, 15) is 14.4 Å². The Morgan fingerprint density at radius 1 is 1.18 bits per heavy atom. The van der Waals surface area contributed by atoms with Crippen LogP contribution in [0, 0.1) is 18.8 Å². The first-order chi connectivity index (χ1) is 13.3. The zero-order valence-electron chi connectivity index (χ0n) is 17.4. The Morgan fingerprint density at radius 2 is 1.82 bits per heavy atom. The monoisotopic (exact) mass is 388 g/mol. The third-order valence-electron chi connectivity index (χ3n) is 5.13. The molecule has 1 aliphatic heterocycles. The Labute approximate surface area is 167 Å². The molecule has 1 heterocycles. The fourth-order valence-electron chi connectivity index (χ4n) is 3.57. The normalized spacial score (nSPS) is 16.0. The largest absolute Gasteiger partial charge is 0.466 e. The van der Waals surface area contributed by atoms with Crippen molar-refractivity contribution < 1.29 is 19.1 Å². The van der Waals surface area contributed by atoms with Gasteiger partial charge in [0.15, 0.2) is 0 Å². The van der Waals surface area contributed by atoms with Crippen LogP contribution < -0.4 is 5.32 Å². The molecule has 1 fully saturated rings. The van der Waals surface area contributed by atoms with E-state index in [4.69, 9.17) is 4.74 Å². The lowest BCUT2D eigenvalue weighted by Gasteiger charge is -2.34. The van der Waals surface area contributed by atoms with E-state index in [0.717, 1.165) is 5.56 Å². The van der Waals surface area contributed by atoms with Crippen LogP contribution in [0.2, 0.25) is 0 Å². The van der Waals surface area contributed by atoms with Crippen molar-refractivity contribution in [3.63, 3.8) is 0 Å². The predicted molar refractivity (Wildman–Crippen MR) is 108 cm³/mol. The van der Waals surface area contributed by atoms with Crippen LogP contribution in [0.15, 0.2) is 24.3 Å². The van der Waals surface area contributed by atoms with Crippen LogP contribution in [-0.4, -0.2) is 48.4 Å².